The van der Waals surface area contributed by atoms with Crippen LogP contribution >= 0.6 is 23.2 Å². The van der Waals surface area contributed by atoms with Crippen molar-refractivity contribution in [2.75, 3.05) is 19.7 Å². The van der Waals surface area contributed by atoms with E-state index in [-0.39, 0.29) is 30.1 Å². The maximum Gasteiger partial charge on any atom is 0.271 e. The zero-order chi connectivity index (χ0) is 26.7. The van der Waals surface area contributed by atoms with Crippen LogP contribution < -0.4 is 10.6 Å². The molecular weight excluding hydrogens is 531 g/mol. The van der Waals surface area contributed by atoms with Gasteiger partial charge in [-0.3, -0.25) is 19.2 Å². The quantitative estimate of drug-likeness (QED) is 0.413. The highest BCUT2D eigenvalue weighted by molar-refractivity contribution is 6.38. The Hall–Kier alpha value is -2.62. The summed E-state index contributed by atoms with van der Waals surface area (Å²) in [5.74, 6) is -0.742. The van der Waals surface area contributed by atoms with Gasteiger partial charge in [-0.05, 0) is 74.0 Å². The smallest absolute Gasteiger partial charge is 0.271 e. The zero-order valence-electron chi connectivity index (χ0n) is 20.7. The monoisotopic (exact) mass is 560 g/mol. The normalized spacial score (nSPS) is 30.5. The Labute approximate surface area is 229 Å². The Kier molecular flexibility index (Phi) is 6.64. The van der Waals surface area contributed by atoms with Crippen LogP contribution in [0.2, 0.25) is 10.0 Å². The highest BCUT2D eigenvalue weighted by Gasteiger charge is 2.59. The van der Waals surface area contributed by atoms with Gasteiger partial charge >= 0.3 is 0 Å². The number of hydrogen-bond acceptors (Lipinski definition) is 5. The fourth-order valence-corrected chi connectivity index (χ4v) is 8.06. The molecule has 3 heterocycles. The number of nitrogens with one attached hydrogen (secondary N) is 3. The molecule has 0 spiro atoms. The van der Waals surface area contributed by atoms with Gasteiger partial charge in [0.2, 0.25) is 11.8 Å². The maximum absolute atomic E-state index is 13.9. The second-order valence-corrected chi connectivity index (χ2v) is 12.1. The van der Waals surface area contributed by atoms with Gasteiger partial charge in [-0.25, -0.2) is 0 Å². The van der Waals surface area contributed by atoms with E-state index in [0.717, 1.165) is 19.3 Å². The molecule has 11 heteroatoms. The summed E-state index contributed by atoms with van der Waals surface area (Å²) in [5.41, 5.74) is 0.953. The van der Waals surface area contributed by atoms with Crippen molar-refractivity contribution in [1.29, 1.82) is 0 Å². The third-order valence-corrected chi connectivity index (χ3v) is 9.75. The van der Waals surface area contributed by atoms with Crippen molar-refractivity contribution >= 4 is 57.6 Å². The largest absolute Gasteiger partial charge is 0.389 e. The van der Waals surface area contributed by atoms with Crippen molar-refractivity contribution in [3.63, 3.8) is 0 Å². The third kappa shape index (κ3) is 4.28. The fourth-order valence-electron chi connectivity index (χ4n) is 7.51. The molecule has 2 saturated carbocycles. The number of aliphatic hydroxyl groups is 1. The molecule has 2 bridgehead atoms. The summed E-state index contributed by atoms with van der Waals surface area (Å²) in [5, 5.41) is 16.7. The predicted octanol–water partition coefficient (Wildman–Crippen LogP) is 2.53. The number of Topliss-reactive ketones (excluding diaryl/α,β-unsaturated/α-hetero) is 1. The number of aliphatic hydroxyl groups excluding tert-OH is 1. The fraction of sp³-hybridized carbons (Fsp3) is 0.556. The van der Waals surface area contributed by atoms with E-state index >= 15 is 0 Å². The van der Waals surface area contributed by atoms with Crippen LogP contribution in [0.3, 0.4) is 0 Å². The number of hydrogen-bond donors (Lipinski definition) is 4. The molecule has 2 aromatic rings. The van der Waals surface area contributed by atoms with E-state index < -0.39 is 36.3 Å². The molecule has 3 amide bonds. The van der Waals surface area contributed by atoms with Crippen molar-refractivity contribution < 1.29 is 24.3 Å². The molecule has 6 rings (SSSR count). The van der Waals surface area contributed by atoms with E-state index in [1.54, 1.807) is 23.1 Å². The van der Waals surface area contributed by atoms with E-state index in [1.807, 2.05) is 0 Å². The van der Waals surface area contributed by atoms with Crippen LogP contribution in [0.15, 0.2) is 18.2 Å². The average Bonchev–Trinajstić information content (AvgIpc) is 3.69. The van der Waals surface area contributed by atoms with Gasteiger partial charge in [0.25, 0.3) is 5.91 Å². The van der Waals surface area contributed by atoms with Crippen LogP contribution in [-0.2, 0) is 14.4 Å². The molecule has 202 valence electrons. The van der Waals surface area contributed by atoms with Crippen LogP contribution in [0.1, 0.15) is 42.6 Å². The SMILES string of the molecule is O=C(N[C@@H](C[C@@H]1CCNC1=O)C(=O)CO)C1C2C3CCC(C3)C2CN1C(=O)c1cc2c(Cl)cc(Cl)cc2[nH]1. The first kappa shape index (κ1) is 25.6. The Balaban J connectivity index is 1.29. The number of likely N-dealkylation sites (tertiary alicyclic amines) is 1. The number of fused-ring (bicyclic) bond motifs is 6. The first-order valence-corrected chi connectivity index (χ1v) is 14.0. The van der Waals surface area contributed by atoms with E-state index in [0.29, 0.717) is 58.0 Å². The average molecular weight is 561 g/mol. The Morgan fingerprint density at radius 2 is 1.92 bits per heavy atom. The van der Waals surface area contributed by atoms with Gasteiger partial charge in [-0.1, -0.05) is 23.2 Å². The number of aromatic nitrogens is 1. The standard InChI is InChI=1S/C27H30Cl2N4O5/c28-15-7-18(29)16-9-21(31-19(16)8-15)27(38)33-10-17-12-1-2-13(5-12)23(17)24(33)26(37)32-20(22(35)11-34)6-14-3-4-30-25(14)36/h7-9,12-14,17,20,23-24,31,34H,1-6,10-11H2,(H,30,36)(H,32,37)/t12?,13?,14-,17?,20-,23?,24?/m0/s1. The molecule has 4 N–H and O–H groups in total. The molecule has 0 radical (unpaired) electrons. The van der Waals surface area contributed by atoms with Gasteiger partial charge in [0, 0.05) is 34.9 Å². The predicted molar refractivity (Wildman–Crippen MR) is 141 cm³/mol. The first-order chi connectivity index (χ1) is 18.2. The number of carbonyl (C=O) groups excluding carboxylic acids is 4. The minimum Gasteiger partial charge on any atom is -0.389 e. The lowest BCUT2D eigenvalue weighted by Crippen LogP contribution is -2.54. The van der Waals surface area contributed by atoms with Crippen molar-refractivity contribution in [2.45, 2.75) is 44.2 Å². The number of ketones is 1. The molecular formula is C27H30Cl2N4O5. The zero-order valence-corrected chi connectivity index (χ0v) is 22.2. The number of amides is 3. The molecule has 1 aromatic carbocycles. The minimum atomic E-state index is -0.995. The van der Waals surface area contributed by atoms with Gasteiger partial charge < -0.3 is 25.6 Å². The number of benzene rings is 1. The summed E-state index contributed by atoms with van der Waals surface area (Å²) < 4.78 is 0. The number of rotatable bonds is 7. The summed E-state index contributed by atoms with van der Waals surface area (Å²) in [6.07, 6.45) is 3.88. The van der Waals surface area contributed by atoms with Gasteiger partial charge in [0.05, 0.1) is 11.1 Å². The Morgan fingerprint density at radius 1 is 1.13 bits per heavy atom. The highest BCUT2D eigenvalue weighted by atomic mass is 35.5. The van der Waals surface area contributed by atoms with Crippen LogP contribution in [0, 0.1) is 29.6 Å². The minimum absolute atomic E-state index is 0.0137. The van der Waals surface area contributed by atoms with E-state index in [9.17, 15) is 24.3 Å². The molecule has 7 atom stereocenters. The molecule has 2 saturated heterocycles. The lowest BCUT2D eigenvalue weighted by atomic mass is 9.78. The van der Waals surface area contributed by atoms with Gasteiger partial charge in [-0.15, -0.1) is 0 Å². The second-order valence-electron chi connectivity index (χ2n) is 11.2. The Morgan fingerprint density at radius 3 is 2.66 bits per heavy atom. The second kappa shape index (κ2) is 9.84. The Bertz CT molecular complexity index is 1330. The third-order valence-electron chi connectivity index (χ3n) is 9.22. The number of nitrogens with zero attached hydrogens (tertiary/aromatic N) is 1. The summed E-state index contributed by atoms with van der Waals surface area (Å²) >= 11 is 12.5. The molecule has 2 aliphatic heterocycles. The molecule has 4 aliphatic rings. The number of aromatic amines is 1. The number of carbonyl (C=O) groups is 4. The summed E-state index contributed by atoms with van der Waals surface area (Å²) in [6, 6.07) is 3.27. The van der Waals surface area contributed by atoms with E-state index in [4.69, 9.17) is 23.2 Å². The summed E-state index contributed by atoms with van der Waals surface area (Å²) in [4.78, 5) is 57.2. The van der Waals surface area contributed by atoms with E-state index in [1.165, 1.54) is 0 Å². The van der Waals surface area contributed by atoms with Crippen molar-refractivity contribution in [2.24, 2.45) is 29.6 Å². The van der Waals surface area contributed by atoms with Gasteiger partial charge in [0.1, 0.15) is 18.3 Å². The van der Waals surface area contributed by atoms with Crippen LogP contribution in [0.4, 0.5) is 0 Å². The van der Waals surface area contributed by atoms with Crippen molar-refractivity contribution in [3.8, 4) is 0 Å². The maximum atomic E-state index is 13.9. The summed E-state index contributed by atoms with van der Waals surface area (Å²) in [6.45, 7) is 0.257. The van der Waals surface area contributed by atoms with Crippen LogP contribution in [0.5, 0.6) is 0 Å². The summed E-state index contributed by atoms with van der Waals surface area (Å²) in [7, 11) is 0. The number of H-pyrrole nitrogens is 1. The van der Waals surface area contributed by atoms with Crippen molar-refractivity contribution in [1.82, 2.24) is 20.5 Å². The molecule has 1 aromatic heterocycles. The van der Waals surface area contributed by atoms with Crippen LogP contribution in [0.25, 0.3) is 10.9 Å². The molecule has 2 aliphatic carbocycles. The topological polar surface area (TPSA) is 132 Å². The first-order valence-electron chi connectivity index (χ1n) is 13.3. The van der Waals surface area contributed by atoms with E-state index in [2.05, 4.69) is 15.6 Å². The van der Waals surface area contributed by atoms with Crippen molar-refractivity contribution in [3.05, 3.63) is 33.9 Å². The van der Waals surface area contributed by atoms with Gasteiger partial charge in [0.15, 0.2) is 5.78 Å². The molecule has 5 unspecified atom stereocenters. The number of halogens is 2. The highest BCUT2D eigenvalue weighted by Crippen LogP contribution is 2.57. The van der Waals surface area contributed by atoms with Crippen LogP contribution in [-0.4, -0.2) is 70.3 Å². The lowest BCUT2D eigenvalue weighted by molar-refractivity contribution is -0.133. The van der Waals surface area contributed by atoms with Gasteiger partial charge in [-0.2, -0.15) is 0 Å². The molecule has 9 nitrogen and oxygen atoms in total. The molecule has 38 heavy (non-hydrogen) atoms. The molecule has 4 fully saturated rings. The lowest BCUT2D eigenvalue weighted by Gasteiger charge is -2.31.